The van der Waals surface area contributed by atoms with Crippen molar-refractivity contribution in [3.63, 3.8) is 0 Å². The summed E-state index contributed by atoms with van der Waals surface area (Å²) in [4.78, 5) is 39.3. The van der Waals surface area contributed by atoms with Crippen molar-refractivity contribution in [2.24, 2.45) is 0 Å². The van der Waals surface area contributed by atoms with Crippen molar-refractivity contribution in [2.75, 3.05) is 47.8 Å². The van der Waals surface area contributed by atoms with E-state index in [-0.39, 0.29) is 17.6 Å². The van der Waals surface area contributed by atoms with Crippen molar-refractivity contribution < 1.29 is 27.2 Å². The Morgan fingerprint density at radius 3 is 2.27 bits per heavy atom. The van der Waals surface area contributed by atoms with E-state index in [0.29, 0.717) is 57.4 Å². The van der Waals surface area contributed by atoms with E-state index in [1.807, 2.05) is 70.5 Å². The third-order valence-electron chi connectivity index (χ3n) is 8.26. The highest BCUT2D eigenvalue weighted by molar-refractivity contribution is 6.03. The molecule has 2 fully saturated rings. The fourth-order valence-electron chi connectivity index (χ4n) is 5.82. The third-order valence-corrected chi connectivity index (χ3v) is 8.26. The number of hydrogen-bond acceptors (Lipinski definition) is 7. The predicted octanol–water partition coefficient (Wildman–Crippen LogP) is 5.96. The number of anilines is 3. The lowest BCUT2D eigenvalue weighted by molar-refractivity contribution is -0.141. The molecule has 2 amide bonds. The number of aromatic nitrogens is 2. The number of nitrogens with one attached hydrogen (secondary N) is 1. The molecule has 9 nitrogen and oxygen atoms in total. The summed E-state index contributed by atoms with van der Waals surface area (Å²) < 4.78 is 47.2. The Morgan fingerprint density at radius 2 is 1.60 bits per heavy atom. The second-order valence-electron chi connectivity index (χ2n) is 11.2. The molecule has 4 heterocycles. The maximum Gasteiger partial charge on any atom is 0.437 e. The molecule has 0 aliphatic carbocycles. The van der Waals surface area contributed by atoms with Crippen LogP contribution in [-0.2, 0) is 17.5 Å². The second-order valence-corrected chi connectivity index (χ2v) is 11.2. The highest BCUT2D eigenvalue weighted by atomic mass is 19.4. The van der Waals surface area contributed by atoms with Gasteiger partial charge in [-0.3, -0.25) is 9.59 Å². The van der Waals surface area contributed by atoms with Gasteiger partial charge in [-0.2, -0.15) is 18.2 Å². The number of halogens is 3. The normalized spacial score (nSPS) is 16.5. The zero-order valence-corrected chi connectivity index (χ0v) is 24.5. The summed E-state index contributed by atoms with van der Waals surface area (Å²) in [7, 11) is 0. The van der Waals surface area contributed by atoms with Crippen LogP contribution < -0.4 is 15.1 Å². The fraction of sp³-hybridized carbons (Fsp3) is 0.333. The minimum absolute atomic E-state index is 0.0534. The van der Waals surface area contributed by atoms with Crippen molar-refractivity contribution in [2.45, 2.75) is 37.9 Å². The maximum absolute atomic E-state index is 13.9. The van der Waals surface area contributed by atoms with Gasteiger partial charge in [0.1, 0.15) is 5.82 Å². The molecule has 0 radical (unpaired) electrons. The first-order chi connectivity index (χ1) is 21.7. The standard InChI is InChI=1S/C33H33F3N6O3/c34-33(35,36)30-29(45-32(39-30)41-16-13-25(14-17-41)24-9-5-2-6-10-24)31(44)38-26-11-12-27(37-21-26)40-18-15-28(43)42(20-19-40)22-23-7-3-1-4-8-23/h1-12,21,25H,13-20,22H2,(H,38,44). The number of nitrogens with zero attached hydrogens (tertiary/aromatic N) is 5. The topological polar surface area (TPSA) is 94.8 Å². The average Bonchev–Trinajstić information content (AvgIpc) is 3.45. The molecule has 6 rings (SSSR count). The van der Waals surface area contributed by atoms with E-state index < -0.39 is 23.5 Å². The van der Waals surface area contributed by atoms with Gasteiger partial charge in [-0.1, -0.05) is 60.7 Å². The van der Waals surface area contributed by atoms with Crippen LogP contribution in [0.25, 0.3) is 0 Å². The number of alkyl halides is 3. The number of piperidine rings is 1. The van der Waals surface area contributed by atoms with Gasteiger partial charge in [-0.05, 0) is 42.0 Å². The molecule has 4 aromatic rings. The van der Waals surface area contributed by atoms with Gasteiger partial charge in [0.2, 0.25) is 11.7 Å². The summed E-state index contributed by atoms with van der Waals surface area (Å²) in [6, 6.07) is 22.8. The van der Waals surface area contributed by atoms with Crippen LogP contribution in [0.3, 0.4) is 0 Å². The monoisotopic (exact) mass is 618 g/mol. The van der Waals surface area contributed by atoms with Crippen molar-refractivity contribution >= 4 is 29.3 Å². The summed E-state index contributed by atoms with van der Waals surface area (Å²) in [6.45, 7) is 3.00. The molecular weight excluding hydrogens is 585 g/mol. The molecule has 0 spiro atoms. The molecule has 2 aromatic heterocycles. The molecule has 234 valence electrons. The average molecular weight is 619 g/mol. The van der Waals surface area contributed by atoms with Crippen molar-refractivity contribution in [1.29, 1.82) is 0 Å². The molecule has 2 aromatic carbocycles. The first kappa shape index (κ1) is 30.2. The van der Waals surface area contributed by atoms with Gasteiger partial charge in [-0.25, -0.2) is 4.98 Å². The van der Waals surface area contributed by atoms with Gasteiger partial charge < -0.3 is 24.4 Å². The van der Waals surface area contributed by atoms with E-state index >= 15 is 0 Å². The van der Waals surface area contributed by atoms with Crippen LogP contribution in [0.1, 0.15) is 52.6 Å². The molecular formula is C33H33F3N6O3. The van der Waals surface area contributed by atoms with Crippen LogP contribution in [0.2, 0.25) is 0 Å². The highest BCUT2D eigenvalue weighted by Gasteiger charge is 2.42. The molecule has 0 bridgehead atoms. The minimum atomic E-state index is -4.88. The number of hydrogen-bond donors (Lipinski definition) is 1. The number of pyridine rings is 1. The van der Waals surface area contributed by atoms with Crippen LogP contribution >= 0.6 is 0 Å². The highest BCUT2D eigenvalue weighted by Crippen LogP contribution is 2.36. The largest absolute Gasteiger partial charge is 0.437 e. The SMILES string of the molecule is O=C(Nc1ccc(N2CCC(=O)N(Cc3ccccc3)CC2)nc1)c1oc(N2CCC(c3ccccc3)CC2)nc1C(F)(F)F. The number of rotatable bonds is 7. The second kappa shape index (κ2) is 13.0. The van der Waals surface area contributed by atoms with E-state index in [1.165, 1.54) is 11.8 Å². The Kier molecular flexibility index (Phi) is 8.72. The quantitative estimate of drug-likeness (QED) is 0.273. The third kappa shape index (κ3) is 7.11. The maximum atomic E-state index is 13.9. The smallest absolute Gasteiger partial charge is 0.417 e. The van der Waals surface area contributed by atoms with E-state index in [1.54, 1.807) is 17.0 Å². The first-order valence-electron chi connectivity index (χ1n) is 15.0. The van der Waals surface area contributed by atoms with Crippen LogP contribution in [0.15, 0.2) is 83.4 Å². The first-order valence-corrected chi connectivity index (χ1v) is 15.0. The summed E-state index contributed by atoms with van der Waals surface area (Å²) in [5.74, 6) is -1.01. The Hall–Kier alpha value is -4.87. The summed E-state index contributed by atoms with van der Waals surface area (Å²) in [6.07, 6.45) is -1.73. The number of amides is 2. The molecule has 12 heteroatoms. The van der Waals surface area contributed by atoms with Gasteiger partial charge >= 0.3 is 6.18 Å². The van der Waals surface area contributed by atoms with E-state index in [9.17, 15) is 22.8 Å². The molecule has 0 saturated carbocycles. The van der Waals surface area contributed by atoms with Gasteiger partial charge in [0.15, 0.2) is 5.69 Å². The van der Waals surface area contributed by atoms with Gasteiger partial charge in [0.25, 0.3) is 11.9 Å². The predicted molar refractivity (Wildman–Crippen MR) is 163 cm³/mol. The summed E-state index contributed by atoms with van der Waals surface area (Å²) in [5, 5.41) is 2.46. The minimum Gasteiger partial charge on any atom is -0.417 e. The van der Waals surface area contributed by atoms with Gasteiger partial charge in [0, 0.05) is 45.7 Å². The molecule has 2 aliphatic rings. The van der Waals surface area contributed by atoms with Crippen LogP contribution in [0.5, 0.6) is 0 Å². The number of carbonyl (C=O) groups is 2. The number of oxazole rings is 1. The van der Waals surface area contributed by atoms with Crippen molar-refractivity contribution in [3.05, 3.63) is 102 Å². The Morgan fingerprint density at radius 1 is 0.889 bits per heavy atom. The molecule has 0 unspecified atom stereocenters. The van der Waals surface area contributed by atoms with Crippen LogP contribution in [0.4, 0.5) is 30.7 Å². The Bertz CT molecular complexity index is 1600. The lowest BCUT2D eigenvalue weighted by atomic mass is 9.90. The van der Waals surface area contributed by atoms with E-state index in [4.69, 9.17) is 4.42 Å². The fourth-order valence-corrected chi connectivity index (χ4v) is 5.82. The number of carbonyl (C=O) groups excluding carboxylic acids is 2. The van der Waals surface area contributed by atoms with Crippen LogP contribution in [0, 0.1) is 0 Å². The lowest BCUT2D eigenvalue weighted by Gasteiger charge is -2.31. The summed E-state index contributed by atoms with van der Waals surface area (Å²) >= 11 is 0. The number of benzene rings is 2. The van der Waals surface area contributed by atoms with Crippen molar-refractivity contribution in [1.82, 2.24) is 14.9 Å². The van der Waals surface area contributed by atoms with E-state index in [0.717, 1.165) is 18.4 Å². The van der Waals surface area contributed by atoms with Gasteiger partial charge in [0.05, 0.1) is 11.9 Å². The van der Waals surface area contributed by atoms with E-state index in [2.05, 4.69) is 15.3 Å². The summed E-state index contributed by atoms with van der Waals surface area (Å²) in [5.41, 5.74) is 1.08. The van der Waals surface area contributed by atoms with Crippen molar-refractivity contribution in [3.8, 4) is 0 Å². The zero-order valence-electron chi connectivity index (χ0n) is 24.5. The molecule has 2 saturated heterocycles. The Labute approximate surface area is 258 Å². The molecule has 0 atom stereocenters. The molecule has 2 aliphatic heterocycles. The molecule has 45 heavy (non-hydrogen) atoms. The Balaban J connectivity index is 1.09. The zero-order chi connectivity index (χ0) is 31.4. The van der Waals surface area contributed by atoms with Crippen LogP contribution in [-0.4, -0.2) is 59.4 Å². The van der Waals surface area contributed by atoms with Gasteiger partial charge in [-0.15, -0.1) is 0 Å². The molecule has 1 N–H and O–H groups in total. The lowest BCUT2D eigenvalue weighted by Crippen LogP contribution is -2.33.